The van der Waals surface area contributed by atoms with Crippen LogP contribution in [0.2, 0.25) is 5.02 Å². The monoisotopic (exact) mass is 453 g/mol. The van der Waals surface area contributed by atoms with Gasteiger partial charge in [0.2, 0.25) is 0 Å². The molecule has 1 spiro atoms. The summed E-state index contributed by atoms with van der Waals surface area (Å²) in [7, 11) is 0. The molecule has 1 aromatic carbocycles. The summed E-state index contributed by atoms with van der Waals surface area (Å²) in [5.74, 6) is 1.17. The van der Waals surface area contributed by atoms with E-state index in [0.29, 0.717) is 21.6 Å². The molecular weight excluding hydrogens is 430 g/mol. The maximum Gasteiger partial charge on any atom is 0.158 e. The van der Waals surface area contributed by atoms with Crippen LogP contribution in [-0.2, 0) is 6.42 Å². The fourth-order valence-corrected chi connectivity index (χ4v) is 5.71. The lowest BCUT2D eigenvalue weighted by molar-refractivity contribution is 0.186. The van der Waals surface area contributed by atoms with E-state index in [4.69, 9.17) is 28.8 Å². The normalized spacial score (nSPS) is 19.5. The van der Waals surface area contributed by atoms with Crippen molar-refractivity contribution < 1.29 is 0 Å². The number of rotatable bonds is 3. The molecule has 160 valence electrons. The smallest absolute Gasteiger partial charge is 0.158 e. The van der Waals surface area contributed by atoms with Crippen LogP contribution in [0.5, 0.6) is 0 Å². The fraction of sp³-hybridized carbons (Fsp3) is 0.318. The standard InChI is InChI=1S/C22H24ClN7S/c23-18-14(24)4-1-5-16(18)31-21-20(26)29-17(12-28-21)30-9-6-22(7-10-30)11-15-13(19(22)25)3-2-8-27-15/h1-5,8,12,19H,6-7,9-11,24-25H2,(H2,26,29)/t19-/m1/s1. The summed E-state index contributed by atoms with van der Waals surface area (Å²) in [6.07, 6.45) is 6.56. The number of hydrogen-bond acceptors (Lipinski definition) is 8. The predicted molar refractivity (Wildman–Crippen MR) is 125 cm³/mol. The van der Waals surface area contributed by atoms with Crippen LogP contribution in [-0.4, -0.2) is 28.0 Å². The molecule has 1 saturated heterocycles. The molecule has 7 nitrogen and oxygen atoms in total. The number of pyridine rings is 1. The van der Waals surface area contributed by atoms with Crippen molar-refractivity contribution in [3.63, 3.8) is 0 Å². The van der Waals surface area contributed by atoms with Crippen molar-refractivity contribution in [1.82, 2.24) is 15.0 Å². The third kappa shape index (κ3) is 3.58. The Labute approximate surface area is 190 Å². The summed E-state index contributed by atoms with van der Waals surface area (Å²) in [6.45, 7) is 1.73. The fourth-order valence-electron chi connectivity index (χ4n) is 4.65. The van der Waals surface area contributed by atoms with Crippen molar-refractivity contribution >= 4 is 40.7 Å². The van der Waals surface area contributed by atoms with Crippen LogP contribution in [0, 0.1) is 5.41 Å². The average molecular weight is 454 g/mol. The summed E-state index contributed by atoms with van der Waals surface area (Å²) < 4.78 is 0. The Hall–Kier alpha value is -2.55. The molecule has 0 saturated carbocycles. The second-order valence-corrected chi connectivity index (χ2v) is 9.63. The number of piperidine rings is 1. The number of fused-ring (bicyclic) bond motifs is 1. The molecule has 3 aromatic rings. The van der Waals surface area contributed by atoms with E-state index >= 15 is 0 Å². The maximum absolute atomic E-state index is 6.65. The molecule has 6 N–H and O–H groups in total. The topological polar surface area (TPSA) is 120 Å². The number of anilines is 3. The minimum absolute atomic E-state index is 0.0383. The van der Waals surface area contributed by atoms with Crippen molar-refractivity contribution in [3.05, 3.63) is 59.0 Å². The maximum atomic E-state index is 6.65. The molecule has 2 aromatic heterocycles. The number of nitrogens with two attached hydrogens (primary N) is 3. The molecule has 1 atom stereocenters. The molecular formula is C22H24ClN7S. The van der Waals surface area contributed by atoms with Gasteiger partial charge in [-0.3, -0.25) is 4.98 Å². The molecule has 1 aliphatic heterocycles. The summed E-state index contributed by atoms with van der Waals surface area (Å²) in [5.41, 5.74) is 21.7. The molecule has 1 fully saturated rings. The minimum atomic E-state index is 0.0383. The first kappa shape index (κ1) is 20.4. The summed E-state index contributed by atoms with van der Waals surface area (Å²) in [5, 5.41) is 1.12. The van der Waals surface area contributed by atoms with E-state index in [1.54, 1.807) is 12.3 Å². The van der Waals surface area contributed by atoms with E-state index in [-0.39, 0.29) is 11.5 Å². The predicted octanol–water partition coefficient (Wildman–Crippen LogP) is 3.68. The highest BCUT2D eigenvalue weighted by Crippen LogP contribution is 2.50. The zero-order valence-corrected chi connectivity index (χ0v) is 18.5. The van der Waals surface area contributed by atoms with Gasteiger partial charge in [-0.2, -0.15) is 0 Å². The van der Waals surface area contributed by atoms with Gasteiger partial charge in [0, 0.05) is 35.9 Å². The van der Waals surface area contributed by atoms with Crippen LogP contribution in [0.25, 0.3) is 0 Å². The van der Waals surface area contributed by atoms with E-state index in [1.807, 2.05) is 24.4 Å². The van der Waals surface area contributed by atoms with Gasteiger partial charge in [0.25, 0.3) is 0 Å². The number of nitrogens with zero attached hydrogens (tertiary/aromatic N) is 4. The Balaban J connectivity index is 1.29. The molecule has 3 heterocycles. The van der Waals surface area contributed by atoms with Crippen molar-refractivity contribution in [2.24, 2.45) is 11.1 Å². The van der Waals surface area contributed by atoms with Gasteiger partial charge in [0.1, 0.15) is 10.8 Å². The molecule has 0 radical (unpaired) electrons. The van der Waals surface area contributed by atoms with Gasteiger partial charge in [0.15, 0.2) is 5.82 Å². The van der Waals surface area contributed by atoms with Gasteiger partial charge in [0.05, 0.1) is 16.9 Å². The van der Waals surface area contributed by atoms with E-state index in [0.717, 1.165) is 48.8 Å². The molecule has 0 amide bonds. The van der Waals surface area contributed by atoms with E-state index in [9.17, 15) is 0 Å². The quantitative estimate of drug-likeness (QED) is 0.513. The minimum Gasteiger partial charge on any atom is -0.397 e. The number of benzene rings is 1. The molecule has 9 heteroatoms. The first-order chi connectivity index (χ1) is 15.0. The van der Waals surface area contributed by atoms with Gasteiger partial charge < -0.3 is 22.1 Å². The van der Waals surface area contributed by atoms with Gasteiger partial charge in [-0.05, 0) is 48.4 Å². The van der Waals surface area contributed by atoms with Crippen molar-refractivity contribution in [3.8, 4) is 0 Å². The molecule has 0 unspecified atom stereocenters. The van der Waals surface area contributed by atoms with Gasteiger partial charge in [-0.1, -0.05) is 35.5 Å². The number of halogens is 1. The molecule has 31 heavy (non-hydrogen) atoms. The van der Waals surface area contributed by atoms with E-state index in [1.165, 1.54) is 17.3 Å². The first-order valence-corrected chi connectivity index (χ1v) is 11.4. The molecule has 2 aliphatic rings. The van der Waals surface area contributed by atoms with Crippen LogP contribution < -0.4 is 22.1 Å². The third-order valence-corrected chi connectivity index (χ3v) is 8.08. The second-order valence-electron chi connectivity index (χ2n) is 8.22. The Morgan fingerprint density at radius 3 is 2.65 bits per heavy atom. The zero-order valence-electron chi connectivity index (χ0n) is 17.0. The summed E-state index contributed by atoms with van der Waals surface area (Å²) in [6, 6.07) is 9.63. The lowest BCUT2D eigenvalue weighted by atomic mass is 9.73. The Morgan fingerprint density at radius 2 is 1.90 bits per heavy atom. The highest BCUT2D eigenvalue weighted by atomic mass is 35.5. The molecule has 0 bridgehead atoms. The lowest BCUT2D eigenvalue weighted by Gasteiger charge is -2.42. The SMILES string of the molecule is Nc1cccc(Sc2ncc(N3CCC4(CC3)Cc3ncccc3[C@H]4N)nc2N)c1Cl. The number of nitrogen functional groups attached to an aromatic ring is 2. The van der Waals surface area contributed by atoms with Crippen molar-refractivity contribution in [1.29, 1.82) is 0 Å². The van der Waals surface area contributed by atoms with Crippen molar-refractivity contribution in [2.75, 3.05) is 29.5 Å². The Bertz CT molecular complexity index is 1130. The summed E-state index contributed by atoms with van der Waals surface area (Å²) in [4.78, 5) is 16.8. The van der Waals surface area contributed by atoms with Gasteiger partial charge >= 0.3 is 0 Å². The number of aromatic nitrogens is 3. The van der Waals surface area contributed by atoms with Crippen molar-refractivity contribution in [2.45, 2.75) is 35.2 Å². The highest BCUT2D eigenvalue weighted by molar-refractivity contribution is 7.99. The summed E-state index contributed by atoms with van der Waals surface area (Å²) >= 11 is 7.66. The van der Waals surface area contributed by atoms with Crippen LogP contribution >= 0.6 is 23.4 Å². The lowest BCUT2D eigenvalue weighted by Crippen LogP contribution is -2.44. The molecule has 1 aliphatic carbocycles. The third-order valence-electron chi connectivity index (χ3n) is 6.47. The van der Waals surface area contributed by atoms with Crippen LogP contribution in [0.3, 0.4) is 0 Å². The highest BCUT2D eigenvalue weighted by Gasteiger charge is 2.46. The van der Waals surface area contributed by atoms with Crippen LogP contribution in [0.15, 0.2) is 52.6 Å². The average Bonchev–Trinajstić information content (AvgIpc) is 3.05. The van der Waals surface area contributed by atoms with Crippen LogP contribution in [0.4, 0.5) is 17.3 Å². The van der Waals surface area contributed by atoms with E-state index in [2.05, 4.69) is 25.9 Å². The molecule has 5 rings (SSSR count). The Morgan fingerprint density at radius 1 is 1.10 bits per heavy atom. The van der Waals surface area contributed by atoms with Gasteiger partial charge in [-0.15, -0.1) is 0 Å². The first-order valence-electron chi connectivity index (χ1n) is 10.3. The van der Waals surface area contributed by atoms with E-state index < -0.39 is 0 Å². The zero-order chi connectivity index (χ0) is 21.6. The Kier molecular flexibility index (Phi) is 5.16. The van der Waals surface area contributed by atoms with Crippen LogP contribution in [0.1, 0.15) is 30.1 Å². The van der Waals surface area contributed by atoms with Gasteiger partial charge in [-0.25, -0.2) is 9.97 Å². The second kappa shape index (κ2) is 7.85. The largest absolute Gasteiger partial charge is 0.397 e. The number of hydrogen-bond donors (Lipinski definition) is 3.